The number of allylic oxidation sites excluding steroid dienone is 2. The van der Waals surface area contributed by atoms with Crippen molar-refractivity contribution in [1.29, 1.82) is 0 Å². The van der Waals surface area contributed by atoms with Crippen molar-refractivity contribution in [2.24, 2.45) is 58.2 Å². The molecule has 0 aromatic rings. The van der Waals surface area contributed by atoms with Crippen LogP contribution in [-0.4, -0.2) is 17.0 Å². The Morgan fingerprint density at radius 3 is 2.35 bits per heavy atom. The fraction of sp³-hybridized carbons (Fsp3) is 0.897. The lowest BCUT2D eigenvalue weighted by Gasteiger charge is -2.60. The van der Waals surface area contributed by atoms with E-state index >= 15 is 0 Å². The molecule has 4 saturated carbocycles. The Hall–Kier alpha value is -0.630. The molecule has 0 saturated heterocycles. The Morgan fingerprint density at radius 1 is 1.00 bits per heavy atom. The number of aliphatic hydroxyl groups excluding tert-OH is 1. The first-order valence-electron chi connectivity index (χ1n) is 13.5. The molecule has 0 spiro atoms. The molecule has 0 heterocycles. The van der Waals surface area contributed by atoms with Crippen molar-refractivity contribution in [3.05, 3.63) is 12.2 Å². The van der Waals surface area contributed by atoms with E-state index in [1.54, 1.807) is 0 Å². The molecule has 4 aliphatic rings. The lowest BCUT2D eigenvalue weighted by Crippen LogP contribution is -2.57. The fourth-order valence-electron chi connectivity index (χ4n) is 9.10. The Bertz CT molecular complexity index is 695. The summed E-state index contributed by atoms with van der Waals surface area (Å²) in [5, 5.41) is 10.3. The zero-order valence-corrected chi connectivity index (χ0v) is 21.1. The molecule has 31 heavy (non-hydrogen) atoms. The third kappa shape index (κ3) is 3.87. The van der Waals surface area contributed by atoms with Crippen LogP contribution >= 0.6 is 0 Å². The summed E-state index contributed by atoms with van der Waals surface area (Å²) in [7, 11) is 0. The molecule has 4 fully saturated rings. The van der Waals surface area contributed by atoms with Gasteiger partial charge in [0.1, 0.15) is 5.78 Å². The third-order valence-electron chi connectivity index (χ3n) is 11.1. The van der Waals surface area contributed by atoms with Gasteiger partial charge in [-0.25, -0.2) is 0 Å². The highest BCUT2D eigenvalue weighted by Crippen LogP contribution is 2.67. The minimum absolute atomic E-state index is 0.183. The Kier molecular flexibility index (Phi) is 6.54. The molecule has 0 aromatic carbocycles. The van der Waals surface area contributed by atoms with E-state index in [2.05, 4.69) is 53.7 Å². The van der Waals surface area contributed by atoms with Crippen molar-refractivity contribution in [2.75, 3.05) is 0 Å². The molecule has 10 atom stereocenters. The van der Waals surface area contributed by atoms with Crippen LogP contribution in [0.3, 0.4) is 0 Å². The van der Waals surface area contributed by atoms with Crippen LogP contribution in [0, 0.1) is 58.2 Å². The molecule has 5 unspecified atom stereocenters. The number of Topliss-reactive ketones (excluding diaryl/α,β-unsaturated/α-hetero) is 1. The van der Waals surface area contributed by atoms with Gasteiger partial charge in [-0.05, 0) is 104 Å². The molecule has 0 aromatic heterocycles. The number of rotatable bonds is 5. The first-order valence-corrected chi connectivity index (χ1v) is 13.5. The maximum Gasteiger partial charge on any atom is 0.136 e. The van der Waals surface area contributed by atoms with Gasteiger partial charge in [-0.2, -0.15) is 0 Å². The Balaban J connectivity index is 1.54. The van der Waals surface area contributed by atoms with Crippen LogP contribution < -0.4 is 0 Å². The van der Waals surface area contributed by atoms with Gasteiger partial charge < -0.3 is 5.11 Å². The summed E-state index contributed by atoms with van der Waals surface area (Å²) in [5.74, 6) is 5.09. The van der Waals surface area contributed by atoms with Crippen molar-refractivity contribution < 1.29 is 9.90 Å². The largest absolute Gasteiger partial charge is 0.393 e. The van der Waals surface area contributed by atoms with E-state index in [1.807, 2.05) is 0 Å². The molecule has 176 valence electrons. The number of hydrogen-bond acceptors (Lipinski definition) is 2. The standard InChI is InChI=1S/C29H48O2/c1-7-20(18(2)3)9-8-19(4)23-10-11-24-27-25(13-15-29(23,24)6)28(5)14-12-22(30)16-21(28)17-26(27)31/h8-9,18-25,27,30H,7,10-17H2,1-6H3/t19?,20?,21-,22+,23-,24?,25?,27?,28+,29-/m1/s1. The summed E-state index contributed by atoms with van der Waals surface area (Å²) in [6.07, 6.45) is 14.8. The van der Waals surface area contributed by atoms with Gasteiger partial charge in [0, 0.05) is 12.3 Å². The molecule has 4 aliphatic carbocycles. The molecule has 0 aliphatic heterocycles. The number of hydrogen-bond donors (Lipinski definition) is 1. The monoisotopic (exact) mass is 428 g/mol. The molecular formula is C29H48O2. The second-order valence-electron chi connectivity index (χ2n) is 12.8. The molecule has 2 heteroatoms. The number of fused-ring (bicyclic) bond motifs is 5. The molecular weight excluding hydrogens is 380 g/mol. The Morgan fingerprint density at radius 2 is 1.68 bits per heavy atom. The minimum atomic E-state index is -0.183. The van der Waals surface area contributed by atoms with E-state index < -0.39 is 0 Å². The smallest absolute Gasteiger partial charge is 0.136 e. The summed E-state index contributed by atoms with van der Waals surface area (Å²) < 4.78 is 0. The molecule has 0 bridgehead atoms. The first-order chi connectivity index (χ1) is 14.6. The maximum absolute atomic E-state index is 13.5. The minimum Gasteiger partial charge on any atom is -0.393 e. The van der Waals surface area contributed by atoms with Crippen LogP contribution in [0.4, 0.5) is 0 Å². The molecule has 4 rings (SSSR count). The van der Waals surface area contributed by atoms with Gasteiger partial charge in [-0.1, -0.05) is 53.7 Å². The van der Waals surface area contributed by atoms with E-state index in [-0.39, 0.29) is 17.4 Å². The van der Waals surface area contributed by atoms with Crippen LogP contribution in [0.15, 0.2) is 12.2 Å². The number of aliphatic hydroxyl groups is 1. The maximum atomic E-state index is 13.5. The Labute approximate surface area is 191 Å². The van der Waals surface area contributed by atoms with E-state index in [0.717, 1.165) is 25.7 Å². The quantitative estimate of drug-likeness (QED) is 0.476. The average molecular weight is 429 g/mol. The highest BCUT2D eigenvalue weighted by Gasteiger charge is 2.62. The van der Waals surface area contributed by atoms with Gasteiger partial charge in [0.15, 0.2) is 0 Å². The van der Waals surface area contributed by atoms with E-state index in [0.29, 0.717) is 52.6 Å². The lowest BCUT2D eigenvalue weighted by molar-refractivity contribution is -0.160. The predicted octanol–water partition coefficient (Wildman–Crippen LogP) is 7.06. The predicted molar refractivity (Wildman–Crippen MR) is 129 cm³/mol. The summed E-state index contributed by atoms with van der Waals surface area (Å²) in [5.41, 5.74) is 0.589. The van der Waals surface area contributed by atoms with Gasteiger partial charge in [-0.3, -0.25) is 4.79 Å². The zero-order valence-electron chi connectivity index (χ0n) is 21.1. The van der Waals surface area contributed by atoms with Gasteiger partial charge in [-0.15, -0.1) is 0 Å². The SMILES string of the molecule is CCC(C=CC(C)[C@H]1CCC2C3C(=O)C[C@H]4C[C@@H](O)CC[C@]4(C)C3CC[C@@]21C)C(C)C. The molecule has 0 amide bonds. The average Bonchev–Trinajstić information content (AvgIpc) is 3.06. The fourth-order valence-corrected chi connectivity index (χ4v) is 9.10. The summed E-state index contributed by atoms with van der Waals surface area (Å²) in [6.45, 7) is 14.4. The molecule has 0 radical (unpaired) electrons. The van der Waals surface area contributed by atoms with Crippen molar-refractivity contribution in [1.82, 2.24) is 0 Å². The van der Waals surface area contributed by atoms with Crippen molar-refractivity contribution in [3.63, 3.8) is 0 Å². The number of carbonyl (C=O) groups is 1. The van der Waals surface area contributed by atoms with Crippen molar-refractivity contribution >= 4 is 5.78 Å². The molecule has 1 N–H and O–H groups in total. The zero-order chi connectivity index (χ0) is 22.6. The van der Waals surface area contributed by atoms with Crippen LogP contribution in [0.2, 0.25) is 0 Å². The third-order valence-corrected chi connectivity index (χ3v) is 11.1. The van der Waals surface area contributed by atoms with Crippen LogP contribution in [0.25, 0.3) is 0 Å². The van der Waals surface area contributed by atoms with E-state index in [4.69, 9.17) is 0 Å². The first kappa shape index (κ1) is 23.5. The normalized spacial score (nSPS) is 47.2. The number of ketones is 1. The van der Waals surface area contributed by atoms with Gasteiger partial charge in [0.2, 0.25) is 0 Å². The number of carbonyl (C=O) groups excluding carboxylic acids is 1. The second-order valence-corrected chi connectivity index (χ2v) is 12.8. The van der Waals surface area contributed by atoms with Gasteiger partial charge in [0.05, 0.1) is 6.10 Å². The summed E-state index contributed by atoms with van der Waals surface area (Å²) >= 11 is 0. The highest BCUT2D eigenvalue weighted by atomic mass is 16.3. The summed E-state index contributed by atoms with van der Waals surface area (Å²) in [6, 6.07) is 0. The summed E-state index contributed by atoms with van der Waals surface area (Å²) in [4.78, 5) is 13.5. The van der Waals surface area contributed by atoms with Crippen LogP contribution in [0.1, 0.15) is 99.3 Å². The highest BCUT2D eigenvalue weighted by molar-refractivity contribution is 5.83. The lowest BCUT2D eigenvalue weighted by atomic mass is 9.44. The van der Waals surface area contributed by atoms with Crippen molar-refractivity contribution in [3.8, 4) is 0 Å². The van der Waals surface area contributed by atoms with Gasteiger partial charge in [0.25, 0.3) is 0 Å². The van der Waals surface area contributed by atoms with Crippen molar-refractivity contribution in [2.45, 2.75) is 105 Å². The second kappa shape index (κ2) is 8.62. The van der Waals surface area contributed by atoms with E-state index in [9.17, 15) is 9.90 Å². The molecule has 2 nitrogen and oxygen atoms in total. The topological polar surface area (TPSA) is 37.3 Å². The van der Waals surface area contributed by atoms with E-state index in [1.165, 1.54) is 32.1 Å². The van der Waals surface area contributed by atoms with Gasteiger partial charge >= 0.3 is 0 Å². The van der Waals surface area contributed by atoms with Crippen LogP contribution in [-0.2, 0) is 4.79 Å². The van der Waals surface area contributed by atoms with Crippen LogP contribution in [0.5, 0.6) is 0 Å².